The summed E-state index contributed by atoms with van der Waals surface area (Å²) < 4.78 is 0. The number of benzene rings is 1. The van der Waals surface area contributed by atoms with Crippen molar-refractivity contribution in [3.05, 3.63) is 83.0 Å². The lowest BCUT2D eigenvalue weighted by atomic mass is 9.81. The molecular formula is C32H34B2N6O. The molecule has 7 rings (SSSR count). The molecule has 0 bridgehead atoms. The summed E-state index contributed by atoms with van der Waals surface area (Å²) in [5, 5.41) is 0. The van der Waals surface area contributed by atoms with Gasteiger partial charge in [0, 0.05) is 43.4 Å². The molecule has 4 aliphatic rings. The number of pyridine rings is 2. The van der Waals surface area contributed by atoms with E-state index in [2.05, 4.69) is 89.3 Å². The molecule has 6 heterocycles. The topological polar surface area (TPSA) is 64.9 Å². The van der Waals surface area contributed by atoms with E-state index in [4.69, 9.17) is 15.0 Å². The molecule has 0 aliphatic carbocycles. The first-order valence-corrected chi connectivity index (χ1v) is 14.6. The smallest absolute Gasteiger partial charge is 0.249 e. The summed E-state index contributed by atoms with van der Waals surface area (Å²) >= 11 is 0. The molecule has 0 radical (unpaired) electrons. The maximum absolute atomic E-state index is 12.8. The lowest BCUT2D eigenvalue weighted by molar-refractivity contribution is -0.133. The minimum Gasteiger partial charge on any atom is -0.352 e. The van der Waals surface area contributed by atoms with Crippen LogP contribution in [0.2, 0.25) is 0 Å². The first kappa shape index (κ1) is 25.8. The van der Waals surface area contributed by atoms with Crippen molar-refractivity contribution in [2.75, 3.05) is 24.5 Å². The number of hydrogen-bond donors (Lipinski definition) is 0. The maximum atomic E-state index is 12.8. The molecule has 2 unspecified atom stereocenters. The van der Waals surface area contributed by atoms with Gasteiger partial charge in [0.2, 0.25) is 5.91 Å². The van der Waals surface area contributed by atoms with E-state index in [9.17, 15) is 4.79 Å². The highest BCUT2D eigenvalue weighted by atomic mass is 16.2. The fourth-order valence-electron chi connectivity index (χ4n) is 6.99. The second kappa shape index (κ2) is 9.47. The van der Waals surface area contributed by atoms with E-state index in [0.29, 0.717) is 6.54 Å². The predicted molar refractivity (Wildman–Crippen MR) is 170 cm³/mol. The quantitative estimate of drug-likeness (QED) is 0.349. The number of aryl methyl sites for hydroxylation is 2. The van der Waals surface area contributed by atoms with E-state index in [1.54, 1.807) is 0 Å². The monoisotopic (exact) mass is 540 g/mol. The second-order valence-electron chi connectivity index (χ2n) is 12.0. The number of hydrogen-bond acceptors (Lipinski definition) is 6. The molecule has 9 heteroatoms. The molecule has 2 atom stereocenters. The molecule has 2 aromatic heterocycles. The Bertz CT molecular complexity index is 1690. The van der Waals surface area contributed by atoms with Crippen LogP contribution in [0.4, 0.5) is 11.5 Å². The molecule has 0 N–H and O–H groups in total. The van der Waals surface area contributed by atoms with Gasteiger partial charge in [0.15, 0.2) is 5.82 Å². The van der Waals surface area contributed by atoms with Crippen molar-refractivity contribution in [2.24, 2.45) is 4.99 Å². The molecule has 2 fully saturated rings. The minimum absolute atomic E-state index is 0.109. The molecule has 7 nitrogen and oxygen atoms in total. The zero-order valence-corrected chi connectivity index (χ0v) is 24.5. The highest BCUT2D eigenvalue weighted by molar-refractivity contribution is 6.40. The van der Waals surface area contributed by atoms with Crippen LogP contribution in [0.5, 0.6) is 0 Å². The maximum Gasteiger partial charge on any atom is 0.249 e. The van der Waals surface area contributed by atoms with E-state index < -0.39 is 0 Å². The van der Waals surface area contributed by atoms with Crippen molar-refractivity contribution in [3.63, 3.8) is 0 Å². The second-order valence-corrected chi connectivity index (χ2v) is 12.0. The van der Waals surface area contributed by atoms with Gasteiger partial charge in [-0.05, 0) is 55.5 Å². The van der Waals surface area contributed by atoms with Gasteiger partial charge in [0.25, 0.3) is 0 Å². The molecular weight excluding hydrogens is 506 g/mol. The summed E-state index contributed by atoms with van der Waals surface area (Å²) in [5.74, 6) is 2.97. The minimum atomic E-state index is 0.109. The average molecular weight is 540 g/mol. The molecule has 3 aromatic rings. The highest BCUT2D eigenvalue weighted by Gasteiger charge is 2.40. The van der Waals surface area contributed by atoms with E-state index in [-0.39, 0.29) is 17.9 Å². The van der Waals surface area contributed by atoms with Crippen LogP contribution < -0.4 is 15.8 Å². The van der Waals surface area contributed by atoms with Crippen LogP contribution >= 0.6 is 0 Å². The molecule has 204 valence electrons. The molecule has 41 heavy (non-hydrogen) atoms. The third-order valence-electron chi connectivity index (χ3n) is 9.15. The lowest BCUT2D eigenvalue weighted by Gasteiger charge is -2.46. The number of fused-ring (bicyclic) bond motifs is 6. The van der Waals surface area contributed by atoms with Crippen LogP contribution in [0, 0.1) is 13.8 Å². The Morgan fingerprint density at radius 1 is 1.07 bits per heavy atom. The largest absolute Gasteiger partial charge is 0.352 e. The predicted octanol–water partition coefficient (Wildman–Crippen LogP) is 2.00. The van der Waals surface area contributed by atoms with E-state index in [0.717, 1.165) is 82.6 Å². The van der Waals surface area contributed by atoms with Crippen LogP contribution in [0.3, 0.4) is 0 Å². The van der Waals surface area contributed by atoms with Crippen LogP contribution in [0.25, 0.3) is 11.3 Å². The number of nitrogens with zero attached hydrogens (tertiary/aromatic N) is 6. The zero-order valence-electron chi connectivity index (χ0n) is 24.5. The van der Waals surface area contributed by atoms with Crippen LogP contribution in [-0.2, 0) is 4.79 Å². The Hall–Kier alpha value is -4.13. The summed E-state index contributed by atoms with van der Waals surface area (Å²) in [6.45, 7) is 12.7. The first-order valence-electron chi connectivity index (χ1n) is 14.6. The Morgan fingerprint density at radius 2 is 1.90 bits per heavy atom. The van der Waals surface area contributed by atoms with Crippen molar-refractivity contribution in [1.82, 2.24) is 19.8 Å². The van der Waals surface area contributed by atoms with Gasteiger partial charge in [0.1, 0.15) is 27.3 Å². The van der Waals surface area contributed by atoms with Crippen molar-refractivity contribution in [2.45, 2.75) is 45.6 Å². The van der Waals surface area contributed by atoms with E-state index in [1.807, 2.05) is 11.1 Å². The van der Waals surface area contributed by atoms with Gasteiger partial charge in [0.05, 0.1) is 22.6 Å². The summed E-state index contributed by atoms with van der Waals surface area (Å²) in [6.07, 6.45) is 5.81. The number of aliphatic imine (C=N–C) groups is 1. The van der Waals surface area contributed by atoms with Gasteiger partial charge >= 0.3 is 0 Å². The molecule has 1 amide bonds. The number of amides is 1. The van der Waals surface area contributed by atoms with Crippen LogP contribution in [-0.4, -0.2) is 72.9 Å². The number of aromatic nitrogens is 2. The van der Waals surface area contributed by atoms with Crippen LogP contribution in [0.1, 0.15) is 48.1 Å². The number of carbonyl (C=O) groups is 1. The van der Waals surface area contributed by atoms with Gasteiger partial charge < -0.3 is 9.80 Å². The fourth-order valence-corrected chi connectivity index (χ4v) is 6.99. The van der Waals surface area contributed by atoms with Crippen molar-refractivity contribution >= 4 is 49.9 Å². The van der Waals surface area contributed by atoms with Crippen molar-refractivity contribution in [1.29, 1.82) is 0 Å². The Labute approximate surface area is 243 Å². The number of piperidine rings is 1. The zero-order chi connectivity index (χ0) is 28.6. The SMILES string of the molecule is Bc1cc2c(nc1-c1c(B)cccc1C)N1C(=CC(C)c3nccc(C)c31)N=C2N1CCN2C(=O)C(=C)CCC2C1. The Balaban J connectivity index is 1.41. The molecule has 1 aromatic carbocycles. The highest BCUT2D eigenvalue weighted by Crippen LogP contribution is 2.46. The summed E-state index contributed by atoms with van der Waals surface area (Å²) in [7, 11) is 4.31. The van der Waals surface area contributed by atoms with E-state index >= 15 is 0 Å². The van der Waals surface area contributed by atoms with Gasteiger partial charge in [-0.2, -0.15) is 0 Å². The lowest BCUT2D eigenvalue weighted by Crippen LogP contribution is -2.59. The Kier molecular flexibility index (Phi) is 5.96. The number of anilines is 2. The normalized spacial score (nSPS) is 21.5. The number of carbonyl (C=O) groups excluding carboxylic acids is 1. The number of amidine groups is 1. The number of piperazine rings is 1. The fraction of sp³-hybridized carbons (Fsp3) is 0.312. The van der Waals surface area contributed by atoms with Gasteiger partial charge in [-0.1, -0.05) is 48.7 Å². The van der Waals surface area contributed by atoms with E-state index in [1.165, 1.54) is 16.6 Å². The standard InChI is InChI=1S/C32H34B2N6O/c1-17-6-5-7-23(33)26(17)28-24(34)15-22-30(38-12-13-39-21(16-38)9-8-19(3)32(39)41)36-25-14-20(4)27-29(18(2)10-11-35-27)40(25)31(22)37-28/h5-7,10-11,14-15,20-21H,3,8-9,12-13,16,33-34H2,1-2,4H3. The molecule has 0 spiro atoms. The third-order valence-corrected chi connectivity index (χ3v) is 9.15. The average Bonchev–Trinajstić information content (AvgIpc) is 2.95. The number of allylic oxidation sites excluding steroid dienone is 1. The molecule has 2 saturated heterocycles. The Morgan fingerprint density at radius 3 is 2.71 bits per heavy atom. The third kappa shape index (κ3) is 3.97. The summed E-state index contributed by atoms with van der Waals surface area (Å²) in [4.78, 5) is 35.1. The summed E-state index contributed by atoms with van der Waals surface area (Å²) in [5.41, 5.74) is 10.8. The number of rotatable bonds is 1. The van der Waals surface area contributed by atoms with Gasteiger partial charge in [-0.3, -0.25) is 14.7 Å². The first-order chi connectivity index (χ1) is 19.7. The van der Waals surface area contributed by atoms with Crippen molar-refractivity contribution in [3.8, 4) is 11.3 Å². The van der Waals surface area contributed by atoms with Crippen LogP contribution in [0.15, 0.2) is 65.6 Å². The molecule has 0 saturated carbocycles. The molecule has 4 aliphatic heterocycles. The summed E-state index contributed by atoms with van der Waals surface area (Å²) in [6, 6.07) is 10.9. The van der Waals surface area contributed by atoms with Gasteiger partial charge in [-0.15, -0.1) is 0 Å². The van der Waals surface area contributed by atoms with Crippen molar-refractivity contribution < 1.29 is 4.79 Å². The van der Waals surface area contributed by atoms with Gasteiger partial charge in [-0.25, -0.2) is 9.98 Å².